The lowest BCUT2D eigenvalue weighted by Crippen LogP contribution is -2.56. The van der Waals surface area contributed by atoms with Crippen LogP contribution in [0.3, 0.4) is 0 Å². The molecule has 200 valence electrons. The number of alkyl halides is 2. The Morgan fingerprint density at radius 3 is 2.50 bits per heavy atom. The number of nitriles is 1. The van der Waals surface area contributed by atoms with Gasteiger partial charge in [-0.15, -0.1) is 0 Å². The molecule has 1 aliphatic carbocycles. The molecule has 2 aliphatic rings. The van der Waals surface area contributed by atoms with Crippen molar-refractivity contribution in [1.82, 2.24) is 19.9 Å². The van der Waals surface area contributed by atoms with E-state index in [1.165, 1.54) is 25.3 Å². The monoisotopic (exact) mass is 524 g/mol. The molecule has 5 rings (SSSR count). The molecule has 1 aromatic carbocycles. The van der Waals surface area contributed by atoms with Gasteiger partial charge in [-0.05, 0) is 46.6 Å². The summed E-state index contributed by atoms with van der Waals surface area (Å²) in [7, 11) is 1.50. The van der Waals surface area contributed by atoms with E-state index in [1.54, 1.807) is 19.9 Å². The predicted octanol–water partition coefficient (Wildman–Crippen LogP) is 5.64. The van der Waals surface area contributed by atoms with Crippen molar-refractivity contribution in [2.75, 3.05) is 25.5 Å². The van der Waals surface area contributed by atoms with Gasteiger partial charge < -0.3 is 10.1 Å². The second kappa shape index (κ2) is 9.38. The Bertz CT molecular complexity index is 1430. The van der Waals surface area contributed by atoms with Gasteiger partial charge in [-0.3, -0.25) is 4.90 Å². The van der Waals surface area contributed by atoms with Crippen LogP contribution in [0.1, 0.15) is 62.2 Å². The van der Waals surface area contributed by atoms with E-state index >= 15 is 13.2 Å². The number of rotatable bonds is 8. The molecule has 3 heterocycles. The lowest BCUT2D eigenvalue weighted by Gasteiger charge is -2.45. The number of halogens is 3. The Kier molecular flexibility index (Phi) is 6.46. The van der Waals surface area contributed by atoms with Crippen LogP contribution in [0.4, 0.5) is 19.0 Å². The van der Waals surface area contributed by atoms with Crippen molar-refractivity contribution in [3.63, 3.8) is 0 Å². The van der Waals surface area contributed by atoms with Crippen LogP contribution in [0.25, 0.3) is 11.0 Å². The topological polar surface area (TPSA) is 87.0 Å². The molecule has 7 nitrogen and oxygen atoms in total. The first-order chi connectivity index (χ1) is 18.0. The Morgan fingerprint density at radius 2 is 1.89 bits per heavy atom. The number of hydrogen-bond acceptors (Lipinski definition) is 7. The average Bonchev–Trinajstić information content (AvgIpc) is 3.63. The normalized spacial score (nSPS) is 18.2. The first kappa shape index (κ1) is 26.2. The van der Waals surface area contributed by atoms with Crippen molar-refractivity contribution in [3.05, 3.63) is 52.6 Å². The summed E-state index contributed by atoms with van der Waals surface area (Å²) in [6, 6.07) is 7.79. The SMILES string of the molecule is COc1nc2nc(C)nc(N[C@H](C)c3cccc(C(F)(F)C4CN(C(C)C)C4)c3F)c2cc1C1(C#N)CC1. The van der Waals surface area contributed by atoms with Crippen LogP contribution in [0.2, 0.25) is 0 Å². The molecule has 0 radical (unpaired) electrons. The van der Waals surface area contributed by atoms with Crippen LogP contribution in [0, 0.1) is 30.0 Å². The number of nitrogens with one attached hydrogen (secondary N) is 1. The number of ether oxygens (including phenoxy) is 1. The summed E-state index contributed by atoms with van der Waals surface area (Å²) < 4.78 is 51.8. The number of aryl methyl sites for hydroxylation is 1. The van der Waals surface area contributed by atoms with Crippen molar-refractivity contribution in [2.45, 2.75) is 64.0 Å². The van der Waals surface area contributed by atoms with E-state index < -0.39 is 34.7 Å². The zero-order valence-electron chi connectivity index (χ0n) is 22.1. The van der Waals surface area contributed by atoms with Gasteiger partial charge in [0.05, 0.1) is 41.5 Å². The van der Waals surface area contributed by atoms with Crippen LogP contribution in [0.5, 0.6) is 5.88 Å². The molecule has 0 spiro atoms. The molecule has 1 N–H and O–H groups in total. The maximum atomic E-state index is 15.6. The van der Waals surface area contributed by atoms with Gasteiger partial charge in [-0.2, -0.15) is 10.2 Å². The summed E-state index contributed by atoms with van der Waals surface area (Å²) in [4.78, 5) is 15.4. The Morgan fingerprint density at radius 1 is 1.18 bits per heavy atom. The summed E-state index contributed by atoms with van der Waals surface area (Å²) >= 11 is 0. The van der Waals surface area contributed by atoms with Crippen LogP contribution in [-0.2, 0) is 11.3 Å². The Balaban J connectivity index is 1.48. The van der Waals surface area contributed by atoms with Gasteiger partial charge in [0.1, 0.15) is 17.5 Å². The van der Waals surface area contributed by atoms with Crippen molar-refractivity contribution < 1.29 is 17.9 Å². The fourth-order valence-corrected chi connectivity index (χ4v) is 5.13. The minimum atomic E-state index is -3.28. The lowest BCUT2D eigenvalue weighted by atomic mass is 9.86. The highest BCUT2D eigenvalue weighted by Gasteiger charge is 2.50. The molecular weight excluding hydrogens is 493 g/mol. The van der Waals surface area contributed by atoms with Crippen molar-refractivity contribution in [2.24, 2.45) is 5.92 Å². The molecule has 2 fully saturated rings. The maximum Gasteiger partial charge on any atom is 0.281 e. The molecule has 3 aromatic rings. The molecule has 0 unspecified atom stereocenters. The summed E-state index contributed by atoms with van der Waals surface area (Å²) in [5, 5.41) is 13.5. The van der Waals surface area contributed by atoms with Crippen molar-refractivity contribution in [1.29, 1.82) is 5.26 Å². The smallest absolute Gasteiger partial charge is 0.281 e. The van der Waals surface area contributed by atoms with Gasteiger partial charge in [-0.1, -0.05) is 18.2 Å². The molecule has 1 aliphatic heterocycles. The largest absolute Gasteiger partial charge is 0.481 e. The van der Waals surface area contributed by atoms with E-state index in [0.29, 0.717) is 47.0 Å². The van der Waals surface area contributed by atoms with Crippen LogP contribution >= 0.6 is 0 Å². The molecule has 1 atom stereocenters. The number of hydrogen-bond donors (Lipinski definition) is 1. The highest BCUT2D eigenvalue weighted by molar-refractivity contribution is 5.88. The second-order valence-corrected chi connectivity index (χ2v) is 10.7. The third-order valence-electron chi connectivity index (χ3n) is 7.80. The molecule has 38 heavy (non-hydrogen) atoms. The van der Waals surface area contributed by atoms with E-state index in [1.807, 2.05) is 18.7 Å². The maximum absolute atomic E-state index is 15.6. The van der Waals surface area contributed by atoms with Crippen LogP contribution < -0.4 is 10.1 Å². The number of benzene rings is 1. The van der Waals surface area contributed by atoms with Gasteiger partial charge in [-0.25, -0.2) is 23.1 Å². The first-order valence-corrected chi connectivity index (χ1v) is 12.8. The van der Waals surface area contributed by atoms with E-state index in [-0.39, 0.29) is 24.7 Å². The number of aromatic nitrogens is 3. The number of fused-ring (bicyclic) bond motifs is 1. The van der Waals surface area contributed by atoms with E-state index in [9.17, 15) is 5.26 Å². The van der Waals surface area contributed by atoms with Crippen LogP contribution in [-0.4, -0.2) is 46.1 Å². The Hall–Kier alpha value is -3.45. The van der Waals surface area contributed by atoms with Gasteiger partial charge in [0, 0.05) is 30.3 Å². The minimum absolute atomic E-state index is 0.115. The molecule has 0 bridgehead atoms. The van der Waals surface area contributed by atoms with Crippen molar-refractivity contribution >= 4 is 16.9 Å². The fraction of sp³-hybridized carbons (Fsp3) is 0.500. The third kappa shape index (κ3) is 4.33. The molecule has 1 saturated carbocycles. The highest BCUT2D eigenvalue weighted by atomic mass is 19.3. The zero-order valence-corrected chi connectivity index (χ0v) is 22.1. The van der Waals surface area contributed by atoms with Gasteiger partial charge in [0.25, 0.3) is 5.92 Å². The second-order valence-electron chi connectivity index (χ2n) is 10.7. The van der Waals surface area contributed by atoms with Gasteiger partial charge >= 0.3 is 0 Å². The number of nitrogens with zero attached hydrogens (tertiary/aromatic N) is 5. The van der Waals surface area contributed by atoms with Gasteiger partial charge in [0.15, 0.2) is 5.65 Å². The average molecular weight is 525 g/mol. The molecule has 2 aromatic heterocycles. The third-order valence-corrected chi connectivity index (χ3v) is 7.80. The standard InChI is InChI=1S/C28H31F3N6O/c1-15(2)37-12-18(13-37)28(30,31)21-8-6-7-19(23(21)29)16(3)33-24-20-11-22(27(14-32)9-10-27)26(38-5)36-25(20)35-17(4)34-24/h6-8,11,15-16,18H,9-10,12-13H2,1-5H3,(H,33,34,35,36)/t16-/m1/s1. The Labute approximate surface area is 220 Å². The van der Waals surface area contributed by atoms with E-state index in [0.717, 1.165) is 0 Å². The molecule has 1 saturated heterocycles. The molecular formula is C28H31F3N6O. The van der Waals surface area contributed by atoms with Crippen LogP contribution in [0.15, 0.2) is 24.3 Å². The number of anilines is 1. The summed E-state index contributed by atoms with van der Waals surface area (Å²) in [5.41, 5.74) is -0.119. The van der Waals surface area contributed by atoms with Crippen molar-refractivity contribution in [3.8, 4) is 11.9 Å². The summed E-state index contributed by atoms with van der Waals surface area (Å²) in [6.07, 6.45) is 1.39. The predicted molar refractivity (Wildman–Crippen MR) is 138 cm³/mol. The first-order valence-electron chi connectivity index (χ1n) is 12.8. The van der Waals surface area contributed by atoms with E-state index in [4.69, 9.17) is 4.74 Å². The highest BCUT2D eigenvalue weighted by Crippen LogP contribution is 2.51. The zero-order chi connectivity index (χ0) is 27.4. The summed E-state index contributed by atoms with van der Waals surface area (Å²) in [6.45, 7) is 7.79. The number of methoxy groups -OCH3 is 1. The lowest BCUT2D eigenvalue weighted by molar-refractivity contribution is -0.132. The molecule has 10 heteroatoms. The number of likely N-dealkylation sites (tertiary alicyclic amines) is 1. The van der Waals surface area contributed by atoms with E-state index in [2.05, 4.69) is 26.3 Å². The fourth-order valence-electron chi connectivity index (χ4n) is 5.13. The quantitative estimate of drug-likeness (QED) is 0.408. The molecule has 0 amide bonds. The summed E-state index contributed by atoms with van der Waals surface area (Å²) in [5.74, 6) is -3.99. The van der Waals surface area contributed by atoms with Gasteiger partial charge in [0.2, 0.25) is 5.88 Å². The minimum Gasteiger partial charge on any atom is -0.481 e. The number of pyridine rings is 1.